The van der Waals surface area contributed by atoms with Crippen LogP contribution in [-0.2, 0) is 19.4 Å². The molecule has 1 aliphatic heterocycles. The first-order valence-corrected chi connectivity index (χ1v) is 7.42. The van der Waals surface area contributed by atoms with Gasteiger partial charge in [-0.2, -0.15) is 0 Å². The third-order valence-corrected chi connectivity index (χ3v) is 5.20. The zero-order chi connectivity index (χ0) is 13.2. The molecule has 1 aliphatic rings. The Morgan fingerprint density at radius 3 is 2.89 bits per heavy atom. The molecule has 0 spiro atoms. The van der Waals surface area contributed by atoms with Gasteiger partial charge in [0.05, 0.1) is 11.5 Å². The highest BCUT2D eigenvalue weighted by Gasteiger charge is 2.46. The van der Waals surface area contributed by atoms with Crippen LogP contribution < -0.4 is 0 Å². The lowest BCUT2D eigenvalue weighted by Gasteiger charge is -2.14. The van der Waals surface area contributed by atoms with E-state index in [1.807, 2.05) is 6.92 Å². The summed E-state index contributed by atoms with van der Waals surface area (Å²) in [6.07, 6.45) is 4.25. The van der Waals surface area contributed by atoms with Gasteiger partial charge < -0.3 is 4.74 Å². The number of carbonyl (C=O) groups excluding carboxylic acids is 1. The molecule has 18 heavy (non-hydrogen) atoms. The first-order valence-electron chi connectivity index (χ1n) is 5.88. The van der Waals surface area contributed by atoms with Crippen molar-refractivity contribution in [3.05, 3.63) is 24.5 Å². The van der Waals surface area contributed by atoms with E-state index in [1.54, 1.807) is 6.07 Å². The number of carbonyl (C=O) groups is 1. The zero-order valence-electron chi connectivity index (χ0n) is 10.1. The topological polar surface area (TPSA) is 73.3 Å². The molecule has 0 N–H and O–H groups in total. The first kappa shape index (κ1) is 13.0. The third kappa shape index (κ3) is 2.25. The second-order valence-electron chi connectivity index (χ2n) is 4.33. The van der Waals surface area contributed by atoms with E-state index in [0.717, 1.165) is 6.42 Å². The second-order valence-corrected chi connectivity index (χ2v) is 6.40. The summed E-state index contributed by atoms with van der Waals surface area (Å²) in [4.78, 5) is 15.5. The number of ether oxygens (including phenoxy) is 1. The number of pyridine rings is 1. The smallest absolute Gasteiger partial charge is 0.325 e. The van der Waals surface area contributed by atoms with Gasteiger partial charge in [0.25, 0.3) is 0 Å². The molecule has 0 aliphatic carbocycles. The molecular weight excluding hydrogens is 254 g/mol. The van der Waals surface area contributed by atoms with Gasteiger partial charge in [-0.25, -0.2) is 8.42 Å². The maximum Gasteiger partial charge on any atom is 0.325 e. The van der Waals surface area contributed by atoms with Crippen LogP contribution in [0.15, 0.2) is 29.4 Å². The van der Waals surface area contributed by atoms with Gasteiger partial charge in [0.1, 0.15) is 0 Å². The van der Waals surface area contributed by atoms with E-state index >= 15 is 0 Å². The van der Waals surface area contributed by atoms with E-state index < -0.39 is 21.1 Å². The summed E-state index contributed by atoms with van der Waals surface area (Å²) < 4.78 is 29.7. The van der Waals surface area contributed by atoms with Crippen molar-refractivity contribution >= 4 is 15.8 Å². The van der Waals surface area contributed by atoms with Gasteiger partial charge in [-0.05, 0) is 18.6 Å². The molecule has 98 valence electrons. The van der Waals surface area contributed by atoms with Crippen molar-refractivity contribution in [1.29, 1.82) is 0 Å². The largest absolute Gasteiger partial charge is 0.464 e. The van der Waals surface area contributed by atoms with Gasteiger partial charge >= 0.3 is 5.97 Å². The minimum absolute atomic E-state index is 0.0787. The van der Waals surface area contributed by atoms with Crippen LogP contribution in [0.1, 0.15) is 19.8 Å². The molecule has 0 radical (unpaired) electrons. The van der Waals surface area contributed by atoms with E-state index in [0.29, 0.717) is 6.42 Å². The number of aromatic nitrogens is 1. The predicted molar refractivity (Wildman–Crippen MR) is 64.6 cm³/mol. The highest BCUT2D eigenvalue weighted by molar-refractivity contribution is 7.92. The SMILES string of the molecule is CCC[C@H]1COC(=O)C1S(=O)(=O)c1cccnc1. The van der Waals surface area contributed by atoms with Crippen LogP contribution in [0.25, 0.3) is 0 Å². The minimum atomic E-state index is -3.70. The van der Waals surface area contributed by atoms with Crippen LogP contribution in [0.3, 0.4) is 0 Å². The summed E-state index contributed by atoms with van der Waals surface area (Å²) in [5, 5.41) is -1.08. The Kier molecular flexibility index (Phi) is 3.65. The van der Waals surface area contributed by atoms with Crippen molar-refractivity contribution in [1.82, 2.24) is 4.98 Å². The Morgan fingerprint density at radius 2 is 2.28 bits per heavy atom. The average Bonchev–Trinajstić information content (AvgIpc) is 2.73. The number of hydrogen-bond acceptors (Lipinski definition) is 5. The van der Waals surface area contributed by atoms with E-state index in [2.05, 4.69) is 4.98 Å². The van der Waals surface area contributed by atoms with Gasteiger partial charge in [-0.15, -0.1) is 0 Å². The lowest BCUT2D eigenvalue weighted by atomic mass is 10.0. The molecule has 0 bridgehead atoms. The Bertz CT molecular complexity index is 526. The second kappa shape index (κ2) is 5.06. The summed E-state index contributed by atoms with van der Waals surface area (Å²) in [6, 6.07) is 3.00. The molecule has 2 atom stereocenters. The Balaban J connectivity index is 2.37. The van der Waals surface area contributed by atoms with Crippen LogP contribution in [0.4, 0.5) is 0 Å². The van der Waals surface area contributed by atoms with Crippen molar-refractivity contribution in [2.75, 3.05) is 6.61 Å². The summed E-state index contributed by atoms with van der Waals surface area (Å²) in [5.41, 5.74) is 0. The highest BCUT2D eigenvalue weighted by atomic mass is 32.2. The molecule has 0 amide bonds. The fraction of sp³-hybridized carbons (Fsp3) is 0.500. The highest BCUT2D eigenvalue weighted by Crippen LogP contribution is 2.30. The molecule has 1 unspecified atom stereocenters. The zero-order valence-corrected chi connectivity index (χ0v) is 10.9. The quantitative estimate of drug-likeness (QED) is 0.768. The average molecular weight is 269 g/mol. The Labute approximate surface area is 106 Å². The molecule has 1 saturated heterocycles. The molecule has 6 heteroatoms. The first-order chi connectivity index (χ1) is 8.57. The van der Waals surface area contributed by atoms with Gasteiger partial charge in [0.15, 0.2) is 15.1 Å². The maximum absolute atomic E-state index is 12.4. The van der Waals surface area contributed by atoms with Crippen LogP contribution >= 0.6 is 0 Å². The van der Waals surface area contributed by atoms with Crippen LogP contribution in [0.2, 0.25) is 0 Å². The molecule has 1 fully saturated rings. The van der Waals surface area contributed by atoms with E-state index in [-0.39, 0.29) is 17.4 Å². The number of rotatable bonds is 4. The molecule has 0 saturated carbocycles. The molecule has 2 rings (SSSR count). The van der Waals surface area contributed by atoms with Crippen molar-refractivity contribution in [3.63, 3.8) is 0 Å². The van der Waals surface area contributed by atoms with Gasteiger partial charge in [0, 0.05) is 18.3 Å². The Morgan fingerprint density at radius 1 is 1.50 bits per heavy atom. The number of sulfone groups is 1. The minimum Gasteiger partial charge on any atom is -0.464 e. The summed E-state index contributed by atoms with van der Waals surface area (Å²) in [6.45, 7) is 2.15. The van der Waals surface area contributed by atoms with Crippen molar-refractivity contribution < 1.29 is 17.9 Å². The van der Waals surface area contributed by atoms with E-state index in [9.17, 15) is 13.2 Å². The van der Waals surface area contributed by atoms with Crippen molar-refractivity contribution in [2.45, 2.75) is 29.9 Å². The fourth-order valence-corrected chi connectivity index (χ4v) is 4.01. The van der Waals surface area contributed by atoms with Crippen molar-refractivity contribution in [2.24, 2.45) is 5.92 Å². The monoisotopic (exact) mass is 269 g/mol. The number of hydrogen-bond donors (Lipinski definition) is 0. The van der Waals surface area contributed by atoms with Gasteiger partial charge in [-0.1, -0.05) is 13.3 Å². The fourth-order valence-electron chi connectivity index (χ4n) is 2.20. The lowest BCUT2D eigenvalue weighted by Crippen LogP contribution is -2.32. The predicted octanol–water partition coefficient (Wildman–Crippen LogP) is 1.20. The molecule has 5 nitrogen and oxygen atoms in total. The number of nitrogens with zero attached hydrogens (tertiary/aromatic N) is 1. The van der Waals surface area contributed by atoms with Crippen LogP contribution in [0, 0.1) is 5.92 Å². The van der Waals surface area contributed by atoms with E-state index in [1.165, 1.54) is 18.5 Å². The molecule has 2 heterocycles. The number of esters is 1. The molecule has 1 aromatic heterocycles. The van der Waals surface area contributed by atoms with Crippen LogP contribution in [-0.4, -0.2) is 31.2 Å². The third-order valence-electron chi connectivity index (χ3n) is 3.06. The summed E-state index contributed by atoms with van der Waals surface area (Å²) in [5.74, 6) is -0.898. The number of cyclic esters (lactones) is 1. The maximum atomic E-state index is 12.4. The molecule has 1 aromatic rings. The standard InChI is InChI=1S/C12H15NO4S/c1-2-4-9-8-17-12(14)11(9)18(15,16)10-5-3-6-13-7-10/h3,5-7,9,11H,2,4,8H2,1H3/t9-,11?/m0/s1. The summed E-state index contributed by atoms with van der Waals surface area (Å²) >= 11 is 0. The van der Waals surface area contributed by atoms with Crippen LogP contribution in [0.5, 0.6) is 0 Å². The van der Waals surface area contributed by atoms with Gasteiger partial charge in [0.2, 0.25) is 0 Å². The van der Waals surface area contributed by atoms with E-state index in [4.69, 9.17) is 4.74 Å². The Hall–Kier alpha value is -1.43. The molecule has 0 aromatic carbocycles. The summed E-state index contributed by atoms with van der Waals surface area (Å²) in [7, 11) is -3.70. The molecular formula is C12H15NO4S. The van der Waals surface area contributed by atoms with Crippen molar-refractivity contribution in [3.8, 4) is 0 Å². The van der Waals surface area contributed by atoms with Gasteiger partial charge in [-0.3, -0.25) is 9.78 Å². The normalized spacial score (nSPS) is 23.9. The lowest BCUT2D eigenvalue weighted by molar-refractivity contribution is -0.137.